The fourth-order valence-corrected chi connectivity index (χ4v) is 4.65. The lowest BCUT2D eigenvalue weighted by Crippen LogP contribution is -2.50. The quantitative estimate of drug-likeness (QED) is 0.398. The van der Waals surface area contributed by atoms with Gasteiger partial charge in [0.05, 0.1) is 23.4 Å². The molecule has 0 aromatic heterocycles. The summed E-state index contributed by atoms with van der Waals surface area (Å²) >= 11 is 6.28. The summed E-state index contributed by atoms with van der Waals surface area (Å²) in [5.74, 6) is -1.60. The minimum Gasteiger partial charge on any atom is -0.491 e. The molecule has 0 saturated heterocycles. The molecule has 39 heavy (non-hydrogen) atoms. The number of hydrogen-bond donors (Lipinski definition) is 2. The van der Waals surface area contributed by atoms with Gasteiger partial charge in [0.2, 0.25) is 12.1 Å². The Labute approximate surface area is 232 Å². The summed E-state index contributed by atoms with van der Waals surface area (Å²) < 4.78 is 19.4. The summed E-state index contributed by atoms with van der Waals surface area (Å²) in [6.07, 6.45) is -2.04. The smallest absolute Gasteiger partial charge is 0.272 e. The van der Waals surface area contributed by atoms with E-state index >= 15 is 0 Å². The Kier molecular flexibility index (Phi) is 8.99. The van der Waals surface area contributed by atoms with Crippen LogP contribution in [0.1, 0.15) is 31.4 Å². The highest BCUT2D eigenvalue weighted by Gasteiger charge is 2.35. The van der Waals surface area contributed by atoms with E-state index in [1.165, 1.54) is 17.0 Å². The number of likely N-dealkylation sites (N-methyl/N-ethyl adjacent to an activating group) is 1. The molecule has 204 valence electrons. The number of para-hydroxylation sites is 1. The third-order valence-electron chi connectivity index (χ3n) is 6.48. The predicted octanol–water partition coefficient (Wildman–Crippen LogP) is 4.84. The number of halogens is 2. The van der Waals surface area contributed by atoms with Crippen LogP contribution >= 0.6 is 11.6 Å². The standard InChI is InChI=1S/C30H31ClFN3O4/c1-18(2)15-24(26(36)17-39-22-7-5-4-6-8-22)29(37)34-28-30(38)35(3)25-14-11-20(31)16-23(25)27(33-28)19-9-12-21(32)13-10-19/h4-14,16,18,24,26,28,36H,15,17H2,1-3H3,(H,34,37)/t24-,26-,28?/m1/s1. The summed E-state index contributed by atoms with van der Waals surface area (Å²) in [7, 11) is 1.59. The van der Waals surface area contributed by atoms with Crippen molar-refractivity contribution in [3.8, 4) is 5.75 Å². The van der Waals surface area contributed by atoms with E-state index in [1.807, 2.05) is 32.0 Å². The number of carbonyl (C=O) groups excluding carboxylic acids is 2. The van der Waals surface area contributed by atoms with E-state index < -0.39 is 35.8 Å². The molecule has 3 aromatic carbocycles. The molecule has 0 fully saturated rings. The second-order valence-corrected chi connectivity index (χ2v) is 10.3. The minimum atomic E-state index is -1.29. The monoisotopic (exact) mass is 551 g/mol. The number of rotatable bonds is 9. The van der Waals surface area contributed by atoms with Crippen molar-refractivity contribution >= 4 is 34.8 Å². The first-order valence-electron chi connectivity index (χ1n) is 12.7. The summed E-state index contributed by atoms with van der Waals surface area (Å²) in [6.45, 7) is 3.79. The number of nitrogens with one attached hydrogen (secondary N) is 1. The van der Waals surface area contributed by atoms with Crippen LogP contribution in [0.25, 0.3) is 0 Å². The number of nitrogens with zero attached hydrogens (tertiary/aromatic N) is 2. The van der Waals surface area contributed by atoms with Gasteiger partial charge < -0.3 is 20.1 Å². The van der Waals surface area contributed by atoms with Crippen LogP contribution in [0.5, 0.6) is 5.75 Å². The molecule has 0 bridgehead atoms. The number of carbonyl (C=O) groups is 2. The summed E-state index contributed by atoms with van der Waals surface area (Å²) in [5, 5.41) is 14.1. The maximum atomic E-state index is 13.7. The van der Waals surface area contributed by atoms with Gasteiger partial charge in [0.25, 0.3) is 5.91 Å². The third-order valence-corrected chi connectivity index (χ3v) is 6.72. The maximum Gasteiger partial charge on any atom is 0.272 e. The number of benzene rings is 3. The highest BCUT2D eigenvalue weighted by Crippen LogP contribution is 2.30. The molecular formula is C30H31ClFN3O4. The fourth-order valence-electron chi connectivity index (χ4n) is 4.48. The number of hydrogen-bond acceptors (Lipinski definition) is 5. The number of amides is 2. The second-order valence-electron chi connectivity index (χ2n) is 9.88. The Morgan fingerprint density at radius 2 is 1.82 bits per heavy atom. The van der Waals surface area contributed by atoms with Crippen molar-refractivity contribution in [2.75, 3.05) is 18.6 Å². The minimum absolute atomic E-state index is 0.0873. The van der Waals surface area contributed by atoms with Crippen LogP contribution in [0.3, 0.4) is 0 Å². The van der Waals surface area contributed by atoms with Crippen LogP contribution in [0.2, 0.25) is 5.02 Å². The van der Waals surface area contributed by atoms with E-state index in [-0.39, 0.29) is 12.5 Å². The molecule has 4 rings (SSSR count). The topological polar surface area (TPSA) is 91.2 Å². The normalized spacial score (nSPS) is 16.7. The Bertz CT molecular complexity index is 1350. The number of aliphatic hydroxyl groups excluding tert-OH is 1. The van der Waals surface area contributed by atoms with E-state index in [1.54, 1.807) is 49.5 Å². The first-order valence-corrected chi connectivity index (χ1v) is 13.1. The molecule has 1 aliphatic heterocycles. The molecule has 3 aromatic rings. The molecule has 7 nitrogen and oxygen atoms in total. The molecular weight excluding hydrogens is 521 g/mol. The zero-order valence-electron chi connectivity index (χ0n) is 22.0. The van der Waals surface area contributed by atoms with Gasteiger partial charge in [-0.15, -0.1) is 0 Å². The summed E-state index contributed by atoms with van der Waals surface area (Å²) in [4.78, 5) is 33.1. The Balaban J connectivity index is 1.65. The van der Waals surface area contributed by atoms with Gasteiger partial charge in [-0.3, -0.25) is 9.59 Å². The lowest BCUT2D eigenvalue weighted by Gasteiger charge is -2.26. The number of benzodiazepines with no additional fused rings is 1. The fraction of sp³-hybridized carbons (Fsp3) is 0.300. The molecule has 0 spiro atoms. The van der Waals surface area contributed by atoms with Crippen molar-refractivity contribution in [2.24, 2.45) is 16.8 Å². The Hall–Kier alpha value is -3.75. The highest BCUT2D eigenvalue weighted by atomic mass is 35.5. The lowest BCUT2D eigenvalue weighted by atomic mass is 9.91. The third kappa shape index (κ3) is 6.82. The first kappa shape index (κ1) is 28.3. The molecule has 1 heterocycles. The maximum absolute atomic E-state index is 13.7. The summed E-state index contributed by atoms with van der Waals surface area (Å²) in [6, 6.07) is 19.8. The lowest BCUT2D eigenvalue weighted by molar-refractivity contribution is -0.133. The van der Waals surface area contributed by atoms with Crippen molar-refractivity contribution in [2.45, 2.75) is 32.5 Å². The molecule has 2 N–H and O–H groups in total. The van der Waals surface area contributed by atoms with Crippen molar-refractivity contribution in [1.29, 1.82) is 0 Å². The molecule has 2 amide bonds. The van der Waals surface area contributed by atoms with Crippen molar-refractivity contribution in [1.82, 2.24) is 5.32 Å². The van der Waals surface area contributed by atoms with E-state index in [0.29, 0.717) is 39.7 Å². The number of ether oxygens (including phenoxy) is 1. The van der Waals surface area contributed by atoms with Gasteiger partial charge in [-0.2, -0.15) is 0 Å². The van der Waals surface area contributed by atoms with Crippen LogP contribution in [0.15, 0.2) is 77.8 Å². The van der Waals surface area contributed by atoms with Crippen molar-refractivity contribution < 1.29 is 23.8 Å². The highest BCUT2D eigenvalue weighted by molar-refractivity contribution is 6.32. The van der Waals surface area contributed by atoms with Crippen LogP contribution in [0, 0.1) is 17.7 Å². The van der Waals surface area contributed by atoms with Crippen molar-refractivity contribution in [3.63, 3.8) is 0 Å². The molecule has 3 atom stereocenters. The van der Waals surface area contributed by atoms with Gasteiger partial charge in [0, 0.05) is 23.2 Å². The van der Waals surface area contributed by atoms with E-state index in [2.05, 4.69) is 10.3 Å². The van der Waals surface area contributed by atoms with Gasteiger partial charge in [0.15, 0.2) is 0 Å². The first-order chi connectivity index (χ1) is 18.6. The van der Waals surface area contributed by atoms with Gasteiger partial charge in [0.1, 0.15) is 18.2 Å². The molecule has 0 aliphatic carbocycles. The largest absolute Gasteiger partial charge is 0.491 e. The van der Waals surface area contributed by atoms with E-state index in [0.717, 1.165) is 0 Å². The average molecular weight is 552 g/mol. The zero-order chi connectivity index (χ0) is 28.1. The molecule has 9 heteroatoms. The molecule has 1 aliphatic rings. The Morgan fingerprint density at radius 3 is 2.49 bits per heavy atom. The van der Waals surface area contributed by atoms with E-state index in [9.17, 15) is 19.1 Å². The van der Waals surface area contributed by atoms with E-state index in [4.69, 9.17) is 16.3 Å². The van der Waals surface area contributed by atoms with Crippen LogP contribution in [-0.2, 0) is 9.59 Å². The zero-order valence-corrected chi connectivity index (χ0v) is 22.7. The van der Waals surface area contributed by atoms with Gasteiger partial charge in [-0.1, -0.05) is 43.6 Å². The molecule has 0 radical (unpaired) electrons. The predicted molar refractivity (Wildman–Crippen MR) is 150 cm³/mol. The SMILES string of the molecule is CC(C)C[C@@H](C(=O)NC1N=C(c2ccc(F)cc2)c2cc(Cl)ccc2N(C)C1=O)[C@H](O)COc1ccccc1. The average Bonchev–Trinajstić information content (AvgIpc) is 3.01. The number of fused-ring (bicyclic) bond motifs is 1. The van der Waals surface area contributed by atoms with Gasteiger partial charge >= 0.3 is 0 Å². The van der Waals surface area contributed by atoms with Crippen molar-refractivity contribution in [3.05, 3.63) is 94.8 Å². The van der Waals surface area contributed by atoms with Gasteiger partial charge in [-0.25, -0.2) is 9.38 Å². The number of aliphatic hydroxyl groups is 1. The second kappa shape index (κ2) is 12.4. The van der Waals surface area contributed by atoms with Crippen LogP contribution < -0.4 is 15.0 Å². The van der Waals surface area contributed by atoms with Gasteiger partial charge in [-0.05, 0) is 66.9 Å². The van der Waals surface area contributed by atoms with Crippen LogP contribution in [0.4, 0.5) is 10.1 Å². The number of aliphatic imine (C=N–C) groups is 1. The Morgan fingerprint density at radius 1 is 1.13 bits per heavy atom. The molecule has 1 unspecified atom stereocenters. The molecule has 0 saturated carbocycles. The van der Waals surface area contributed by atoms with Crippen LogP contribution in [-0.4, -0.2) is 48.6 Å². The number of anilines is 1. The summed E-state index contributed by atoms with van der Waals surface area (Å²) in [5.41, 5.74) is 2.04.